The Morgan fingerprint density at radius 2 is 1.69 bits per heavy atom. The minimum atomic E-state index is -4.00. The highest BCUT2D eigenvalue weighted by molar-refractivity contribution is 7.98. The van der Waals surface area contributed by atoms with Crippen molar-refractivity contribution >= 4 is 33.4 Å². The van der Waals surface area contributed by atoms with Crippen molar-refractivity contribution in [2.45, 2.75) is 43.2 Å². The van der Waals surface area contributed by atoms with Crippen molar-refractivity contribution in [3.63, 3.8) is 0 Å². The second-order valence-corrected chi connectivity index (χ2v) is 10.9. The maximum Gasteiger partial charge on any atom is 0.264 e. The number of sulfonamides is 1. The molecule has 0 spiro atoms. The highest BCUT2D eigenvalue weighted by Crippen LogP contribution is 2.27. The number of hydrogen-bond acceptors (Lipinski definition) is 6. The van der Waals surface area contributed by atoms with Gasteiger partial charge in [0.25, 0.3) is 10.0 Å². The second-order valence-electron chi connectivity index (χ2n) is 8.20. The summed E-state index contributed by atoms with van der Waals surface area (Å²) in [6, 6.07) is 20.7. The summed E-state index contributed by atoms with van der Waals surface area (Å²) < 4.78 is 39.5. The molecule has 1 amide bonds. The number of benzene rings is 3. The largest absolute Gasteiger partial charge is 0.494 e. The molecule has 0 unspecified atom stereocenters. The number of hydrogen-bond donors (Lipinski definition) is 1. The summed E-state index contributed by atoms with van der Waals surface area (Å²) in [5, 5.41) is 2.82. The zero-order valence-corrected chi connectivity index (χ0v) is 22.6. The second kappa shape index (κ2) is 12.7. The number of nitrogens with zero attached hydrogens (tertiary/aromatic N) is 1. The van der Waals surface area contributed by atoms with Gasteiger partial charge in [-0.25, -0.2) is 8.42 Å². The Morgan fingerprint density at radius 3 is 2.31 bits per heavy atom. The summed E-state index contributed by atoms with van der Waals surface area (Å²) in [6.45, 7) is 6.13. The van der Waals surface area contributed by atoms with Crippen molar-refractivity contribution in [1.29, 1.82) is 0 Å². The van der Waals surface area contributed by atoms with Crippen LogP contribution in [0.3, 0.4) is 0 Å². The van der Waals surface area contributed by atoms with E-state index < -0.39 is 15.9 Å². The van der Waals surface area contributed by atoms with Crippen LogP contribution in [0.25, 0.3) is 0 Å². The van der Waals surface area contributed by atoms with Crippen LogP contribution in [-0.2, 0) is 21.4 Å². The van der Waals surface area contributed by atoms with Gasteiger partial charge in [0.05, 0.1) is 23.3 Å². The number of anilines is 1. The molecule has 192 valence electrons. The predicted molar refractivity (Wildman–Crippen MR) is 144 cm³/mol. The van der Waals surface area contributed by atoms with E-state index in [1.165, 1.54) is 11.8 Å². The Labute approximate surface area is 217 Å². The van der Waals surface area contributed by atoms with Crippen LogP contribution < -0.4 is 19.1 Å². The zero-order chi connectivity index (χ0) is 26.1. The van der Waals surface area contributed by atoms with E-state index in [0.29, 0.717) is 23.8 Å². The molecule has 3 aromatic carbocycles. The average Bonchev–Trinajstić information content (AvgIpc) is 2.86. The van der Waals surface area contributed by atoms with E-state index in [1.54, 1.807) is 48.5 Å². The summed E-state index contributed by atoms with van der Waals surface area (Å²) >= 11 is 1.52. The molecule has 0 radical (unpaired) electrons. The molecule has 0 bridgehead atoms. The number of rotatable bonds is 12. The van der Waals surface area contributed by atoms with E-state index in [1.807, 2.05) is 51.3 Å². The van der Waals surface area contributed by atoms with E-state index in [9.17, 15) is 13.2 Å². The Balaban J connectivity index is 1.82. The van der Waals surface area contributed by atoms with Crippen molar-refractivity contribution in [2.24, 2.45) is 0 Å². The highest BCUT2D eigenvalue weighted by atomic mass is 32.2. The van der Waals surface area contributed by atoms with E-state index in [-0.39, 0.29) is 24.1 Å². The van der Waals surface area contributed by atoms with Gasteiger partial charge in [0.2, 0.25) is 5.91 Å². The number of nitrogens with one attached hydrogen (secondary N) is 1. The van der Waals surface area contributed by atoms with Gasteiger partial charge < -0.3 is 14.8 Å². The van der Waals surface area contributed by atoms with Crippen LogP contribution in [0.2, 0.25) is 0 Å². The molecular weight excluding hydrogens is 496 g/mol. The molecule has 0 saturated carbocycles. The molecule has 1 N–H and O–H groups in total. The molecule has 0 atom stereocenters. The zero-order valence-electron chi connectivity index (χ0n) is 20.9. The third-order valence-corrected chi connectivity index (χ3v) is 7.66. The summed E-state index contributed by atoms with van der Waals surface area (Å²) in [4.78, 5) is 14.0. The lowest BCUT2D eigenvalue weighted by molar-refractivity contribution is -0.119. The van der Waals surface area contributed by atoms with Gasteiger partial charge in [0, 0.05) is 11.4 Å². The van der Waals surface area contributed by atoms with Crippen molar-refractivity contribution < 1.29 is 22.7 Å². The molecule has 36 heavy (non-hydrogen) atoms. The third kappa shape index (κ3) is 7.41. The summed E-state index contributed by atoms with van der Waals surface area (Å²) in [7, 11) is -4.00. The number of carbonyl (C=O) groups is 1. The van der Waals surface area contributed by atoms with Crippen molar-refractivity contribution in [2.75, 3.05) is 23.7 Å². The van der Waals surface area contributed by atoms with Gasteiger partial charge in [-0.05, 0) is 93.3 Å². The van der Waals surface area contributed by atoms with Crippen LogP contribution in [0.4, 0.5) is 5.69 Å². The van der Waals surface area contributed by atoms with Crippen LogP contribution in [-0.4, -0.2) is 39.8 Å². The molecule has 3 aromatic rings. The fraction of sp³-hybridized carbons (Fsp3) is 0.296. The van der Waals surface area contributed by atoms with E-state index >= 15 is 0 Å². The van der Waals surface area contributed by atoms with Gasteiger partial charge in [0.15, 0.2) is 0 Å². The average molecular weight is 529 g/mol. The molecule has 0 heterocycles. The quantitative estimate of drug-likeness (QED) is 0.329. The smallest absolute Gasteiger partial charge is 0.264 e. The Bertz CT molecular complexity index is 1240. The van der Waals surface area contributed by atoms with Gasteiger partial charge in [-0.1, -0.05) is 12.1 Å². The van der Waals surface area contributed by atoms with Gasteiger partial charge in [-0.2, -0.15) is 0 Å². The Kier molecular flexibility index (Phi) is 9.66. The fourth-order valence-electron chi connectivity index (χ4n) is 3.45. The Hall–Kier alpha value is -3.17. The van der Waals surface area contributed by atoms with Crippen LogP contribution >= 0.6 is 11.8 Å². The van der Waals surface area contributed by atoms with Gasteiger partial charge in [-0.15, -0.1) is 11.8 Å². The fourth-order valence-corrected chi connectivity index (χ4v) is 5.28. The van der Waals surface area contributed by atoms with E-state index in [2.05, 4.69) is 5.32 Å². The molecule has 0 saturated heterocycles. The number of ether oxygens (including phenoxy) is 2. The predicted octanol–water partition coefficient (Wildman–Crippen LogP) is 5.11. The topological polar surface area (TPSA) is 84.9 Å². The molecule has 9 heteroatoms. The first kappa shape index (κ1) is 27.4. The first-order valence-electron chi connectivity index (χ1n) is 11.6. The summed E-state index contributed by atoms with van der Waals surface area (Å²) in [5.74, 6) is 0.906. The summed E-state index contributed by atoms with van der Waals surface area (Å²) in [6.07, 6.45) is 1.96. The molecule has 0 aliphatic carbocycles. The van der Waals surface area contributed by atoms with Crippen LogP contribution in [0.5, 0.6) is 11.5 Å². The number of amides is 1. The summed E-state index contributed by atoms with van der Waals surface area (Å²) in [5.41, 5.74) is 1.22. The number of thioether (sulfide) groups is 1. The van der Waals surface area contributed by atoms with Gasteiger partial charge in [0.1, 0.15) is 18.0 Å². The van der Waals surface area contributed by atoms with Gasteiger partial charge in [-0.3, -0.25) is 9.10 Å². The van der Waals surface area contributed by atoms with Crippen molar-refractivity contribution in [3.05, 3.63) is 78.4 Å². The highest BCUT2D eigenvalue weighted by Gasteiger charge is 2.27. The molecule has 0 aliphatic heterocycles. The minimum absolute atomic E-state index is 0.0349. The molecule has 0 fully saturated rings. The van der Waals surface area contributed by atoms with Crippen molar-refractivity contribution in [1.82, 2.24) is 5.32 Å². The molecule has 7 nitrogen and oxygen atoms in total. The monoisotopic (exact) mass is 528 g/mol. The van der Waals surface area contributed by atoms with E-state index in [4.69, 9.17) is 9.47 Å². The molecule has 3 rings (SSSR count). The van der Waals surface area contributed by atoms with E-state index in [0.717, 1.165) is 14.8 Å². The lowest BCUT2D eigenvalue weighted by Gasteiger charge is -2.24. The van der Waals surface area contributed by atoms with Crippen LogP contribution in [0.1, 0.15) is 26.3 Å². The number of carbonyl (C=O) groups excluding carboxylic acids is 1. The van der Waals surface area contributed by atoms with Crippen LogP contribution in [0.15, 0.2) is 82.6 Å². The Morgan fingerprint density at radius 1 is 1.00 bits per heavy atom. The lowest BCUT2D eigenvalue weighted by atomic mass is 10.2. The molecule has 0 aromatic heterocycles. The lowest BCUT2D eigenvalue weighted by Crippen LogP contribution is -2.40. The standard InChI is InChI=1S/C27H32N2O5S2/c1-5-33-23-11-9-22(10-12-23)29(36(31,32)26-15-13-25(35-4)14-16-26)19-27(30)28-18-21-7-6-8-24(17-21)34-20(2)3/h6-17,20H,5,18-19H2,1-4H3,(H,28,30). The SMILES string of the molecule is CCOc1ccc(N(CC(=O)NCc2cccc(OC(C)C)c2)S(=O)(=O)c2ccc(SC)cc2)cc1. The van der Waals surface area contributed by atoms with Crippen LogP contribution in [0, 0.1) is 0 Å². The minimum Gasteiger partial charge on any atom is -0.494 e. The maximum atomic E-state index is 13.6. The first-order valence-corrected chi connectivity index (χ1v) is 14.3. The normalized spacial score (nSPS) is 11.2. The maximum absolute atomic E-state index is 13.6. The first-order chi connectivity index (χ1) is 17.2. The third-order valence-electron chi connectivity index (χ3n) is 5.13. The van der Waals surface area contributed by atoms with Gasteiger partial charge >= 0.3 is 0 Å². The molecule has 0 aliphatic rings. The molecular formula is C27H32N2O5S2. The van der Waals surface area contributed by atoms with Crippen molar-refractivity contribution in [3.8, 4) is 11.5 Å².